The van der Waals surface area contributed by atoms with Gasteiger partial charge >= 0.3 is 0 Å². The lowest BCUT2D eigenvalue weighted by molar-refractivity contribution is -0.142. The van der Waals surface area contributed by atoms with Gasteiger partial charge in [0.1, 0.15) is 11.8 Å². The van der Waals surface area contributed by atoms with Crippen molar-refractivity contribution in [2.24, 2.45) is 0 Å². The van der Waals surface area contributed by atoms with Crippen LogP contribution in [0, 0.1) is 20.8 Å². The van der Waals surface area contributed by atoms with Crippen LogP contribution in [0.4, 0.5) is 0 Å². The van der Waals surface area contributed by atoms with Gasteiger partial charge in [-0.25, -0.2) is 0 Å². The van der Waals surface area contributed by atoms with Crippen molar-refractivity contribution in [2.75, 3.05) is 13.2 Å². The summed E-state index contributed by atoms with van der Waals surface area (Å²) in [5, 5.41) is 2.88. The quantitative estimate of drug-likeness (QED) is 0.699. The maximum absolute atomic E-state index is 13.0. The van der Waals surface area contributed by atoms with Crippen LogP contribution in [0.1, 0.15) is 42.5 Å². The fourth-order valence-electron chi connectivity index (χ4n) is 2.95. The van der Waals surface area contributed by atoms with Crippen molar-refractivity contribution in [3.63, 3.8) is 0 Å². The standard InChI is InChI=1S/C24H32N2O3/c1-6-13-25-24(28)20(5)26(15-21-11-8-17(2)9-12-21)23(27)16-29-22-14-18(3)7-10-19(22)4/h7-12,14,20H,6,13,15-16H2,1-5H3,(H,25,28). The molecule has 0 heterocycles. The predicted octanol–water partition coefficient (Wildman–Crippen LogP) is 3.93. The van der Waals surface area contributed by atoms with Crippen LogP contribution < -0.4 is 10.1 Å². The van der Waals surface area contributed by atoms with Crippen molar-refractivity contribution in [1.29, 1.82) is 0 Å². The molecule has 0 saturated carbocycles. The first kappa shape index (κ1) is 22.5. The Balaban J connectivity index is 2.15. The molecule has 0 fully saturated rings. The van der Waals surface area contributed by atoms with Gasteiger partial charge in [0.05, 0.1) is 0 Å². The topological polar surface area (TPSA) is 58.6 Å². The average Bonchev–Trinajstić information content (AvgIpc) is 2.71. The van der Waals surface area contributed by atoms with Gasteiger partial charge in [-0.05, 0) is 56.9 Å². The van der Waals surface area contributed by atoms with Gasteiger partial charge in [0.25, 0.3) is 5.91 Å². The fraction of sp³-hybridized carbons (Fsp3) is 0.417. The summed E-state index contributed by atoms with van der Waals surface area (Å²) in [5.41, 5.74) is 4.17. The highest BCUT2D eigenvalue weighted by Crippen LogP contribution is 2.19. The van der Waals surface area contributed by atoms with Gasteiger partial charge in [-0.1, -0.05) is 48.9 Å². The number of amides is 2. The molecule has 2 aromatic rings. The van der Waals surface area contributed by atoms with E-state index < -0.39 is 6.04 Å². The number of carbonyl (C=O) groups excluding carboxylic acids is 2. The molecule has 29 heavy (non-hydrogen) atoms. The smallest absolute Gasteiger partial charge is 0.261 e. The van der Waals surface area contributed by atoms with Crippen LogP contribution in [-0.4, -0.2) is 35.9 Å². The summed E-state index contributed by atoms with van der Waals surface area (Å²) in [6, 6.07) is 13.3. The van der Waals surface area contributed by atoms with Crippen molar-refractivity contribution in [3.8, 4) is 5.75 Å². The maximum atomic E-state index is 13.0. The van der Waals surface area contributed by atoms with E-state index in [4.69, 9.17) is 4.74 Å². The summed E-state index contributed by atoms with van der Waals surface area (Å²) < 4.78 is 5.81. The van der Waals surface area contributed by atoms with Crippen LogP contribution in [0.15, 0.2) is 42.5 Å². The summed E-state index contributed by atoms with van der Waals surface area (Å²) in [7, 11) is 0. The number of benzene rings is 2. The lowest BCUT2D eigenvalue weighted by Crippen LogP contribution is -2.49. The maximum Gasteiger partial charge on any atom is 0.261 e. The zero-order valence-corrected chi connectivity index (χ0v) is 18.1. The highest BCUT2D eigenvalue weighted by atomic mass is 16.5. The second-order valence-electron chi connectivity index (χ2n) is 7.53. The normalized spacial score (nSPS) is 11.6. The second-order valence-corrected chi connectivity index (χ2v) is 7.53. The molecule has 0 bridgehead atoms. The Morgan fingerprint density at radius 2 is 1.69 bits per heavy atom. The molecule has 0 aromatic heterocycles. The minimum absolute atomic E-state index is 0.110. The fourth-order valence-corrected chi connectivity index (χ4v) is 2.95. The zero-order valence-electron chi connectivity index (χ0n) is 18.1. The van der Waals surface area contributed by atoms with Crippen molar-refractivity contribution in [1.82, 2.24) is 10.2 Å². The third-order valence-corrected chi connectivity index (χ3v) is 4.88. The van der Waals surface area contributed by atoms with Crippen molar-refractivity contribution in [2.45, 2.75) is 53.6 Å². The number of hydrogen-bond acceptors (Lipinski definition) is 3. The van der Waals surface area contributed by atoms with Crippen molar-refractivity contribution >= 4 is 11.8 Å². The molecule has 1 atom stereocenters. The van der Waals surface area contributed by atoms with E-state index in [9.17, 15) is 9.59 Å². The molecule has 0 aliphatic heterocycles. The number of carbonyl (C=O) groups is 2. The van der Waals surface area contributed by atoms with Crippen LogP contribution >= 0.6 is 0 Å². The summed E-state index contributed by atoms with van der Waals surface area (Å²) in [6.45, 7) is 10.5. The Morgan fingerprint density at radius 1 is 1.03 bits per heavy atom. The van der Waals surface area contributed by atoms with E-state index >= 15 is 0 Å². The number of nitrogens with zero attached hydrogens (tertiary/aromatic N) is 1. The minimum Gasteiger partial charge on any atom is -0.483 e. The Morgan fingerprint density at radius 3 is 2.34 bits per heavy atom. The Kier molecular flexibility index (Phi) is 8.25. The van der Waals surface area contributed by atoms with E-state index in [1.54, 1.807) is 11.8 Å². The lowest BCUT2D eigenvalue weighted by atomic mass is 10.1. The van der Waals surface area contributed by atoms with E-state index in [0.717, 1.165) is 28.7 Å². The second kappa shape index (κ2) is 10.6. The van der Waals surface area contributed by atoms with E-state index in [1.807, 2.05) is 70.2 Å². The number of ether oxygens (including phenoxy) is 1. The predicted molar refractivity (Wildman–Crippen MR) is 116 cm³/mol. The number of hydrogen-bond donors (Lipinski definition) is 1. The van der Waals surface area contributed by atoms with Gasteiger partial charge in [-0.2, -0.15) is 0 Å². The molecule has 2 aromatic carbocycles. The Hall–Kier alpha value is -2.82. The minimum atomic E-state index is -0.586. The van der Waals surface area contributed by atoms with Gasteiger partial charge in [0.15, 0.2) is 6.61 Å². The van der Waals surface area contributed by atoms with E-state index in [-0.39, 0.29) is 18.4 Å². The highest BCUT2D eigenvalue weighted by molar-refractivity contribution is 5.87. The van der Waals surface area contributed by atoms with Crippen LogP contribution in [0.2, 0.25) is 0 Å². The molecule has 0 aliphatic carbocycles. The molecular formula is C24H32N2O3. The van der Waals surface area contributed by atoms with Crippen molar-refractivity contribution < 1.29 is 14.3 Å². The summed E-state index contributed by atoms with van der Waals surface area (Å²) in [5.74, 6) is 0.321. The van der Waals surface area contributed by atoms with Gasteiger partial charge < -0.3 is 15.0 Å². The monoisotopic (exact) mass is 396 g/mol. The van der Waals surface area contributed by atoms with Crippen LogP contribution in [0.3, 0.4) is 0 Å². The first-order valence-corrected chi connectivity index (χ1v) is 10.1. The zero-order chi connectivity index (χ0) is 21.4. The van der Waals surface area contributed by atoms with Crippen LogP contribution in [0.5, 0.6) is 5.75 Å². The molecule has 0 radical (unpaired) electrons. The van der Waals surface area contributed by atoms with Crippen LogP contribution in [-0.2, 0) is 16.1 Å². The molecule has 1 unspecified atom stereocenters. The SMILES string of the molecule is CCCNC(=O)C(C)N(Cc1ccc(C)cc1)C(=O)COc1cc(C)ccc1C. The van der Waals surface area contributed by atoms with Gasteiger partial charge in [0.2, 0.25) is 5.91 Å². The molecule has 0 aliphatic rings. The molecule has 0 saturated heterocycles. The summed E-state index contributed by atoms with van der Waals surface area (Å²) in [6.07, 6.45) is 0.847. The first-order valence-electron chi connectivity index (χ1n) is 10.1. The third kappa shape index (κ3) is 6.63. The first-order chi connectivity index (χ1) is 13.8. The number of rotatable bonds is 9. The Labute approximate surface area is 174 Å². The molecule has 0 spiro atoms. The highest BCUT2D eigenvalue weighted by Gasteiger charge is 2.26. The Bertz CT molecular complexity index is 831. The van der Waals surface area contributed by atoms with E-state index in [0.29, 0.717) is 18.8 Å². The summed E-state index contributed by atoms with van der Waals surface area (Å²) >= 11 is 0. The molecule has 156 valence electrons. The molecule has 2 rings (SSSR count). The van der Waals surface area contributed by atoms with Crippen molar-refractivity contribution in [3.05, 3.63) is 64.7 Å². The molecule has 5 nitrogen and oxygen atoms in total. The van der Waals surface area contributed by atoms with Gasteiger partial charge in [-0.15, -0.1) is 0 Å². The average molecular weight is 397 g/mol. The lowest BCUT2D eigenvalue weighted by Gasteiger charge is -2.29. The molecule has 1 N–H and O–H groups in total. The van der Waals surface area contributed by atoms with E-state index in [1.165, 1.54) is 0 Å². The van der Waals surface area contributed by atoms with Crippen LogP contribution in [0.25, 0.3) is 0 Å². The van der Waals surface area contributed by atoms with E-state index in [2.05, 4.69) is 5.32 Å². The number of aryl methyl sites for hydroxylation is 3. The number of nitrogens with one attached hydrogen (secondary N) is 1. The van der Waals surface area contributed by atoms with Gasteiger partial charge in [0, 0.05) is 13.1 Å². The largest absolute Gasteiger partial charge is 0.483 e. The molecular weight excluding hydrogens is 364 g/mol. The summed E-state index contributed by atoms with van der Waals surface area (Å²) in [4.78, 5) is 27.1. The third-order valence-electron chi connectivity index (χ3n) is 4.88. The molecule has 5 heteroatoms. The van der Waals surface area contributed by atoms with Gasteiger partial charge in [-0.3, -0.25) is 9.59 Å². The molecule has 2 amide bonds.